The molecule has 10 heteroatoms. The van der Waals surface area contributed by atoms with Gasteiger partial charge in [-0.25, -0.2) is 9.97 Å². The van der Waals surface area contributed by atoms with Crippen molar-refractivity contribution in [3.05, 3.63) is 85.0 Å². The maximum absolute atomic E-state index is 13.6. The number of hydrogen-bond acceptors (Lipinski definition) is 7. The lowest BCUT2D eigenvalue weighted by Gasteiger charge is -2.24. The molecule has 33 heavy (non-hydrogen) atoms. The number of Topliss-reactive ketones (excluding diaryl/α,β-unsaturated/α-hetero) is 1. The Morgan fingerprint density at radius 2 is 1.82 bits per heavy atom. The highest BCUT2D eigenvalue weighted by Crippen LogP contribution is 2.45. The summed E-state index contributed by atoms with van der Waals surface area (Å²) in [7, 11) is 0. The molecule has 0 aliphatic carbocycles. The van der Waals surface area contributed by atoms with Crippen LogP contribution in [0.5, 0.6) is 0 Å². The summed E-state index contributed by atoms with van der Waals surface area (Å²) in [5.74, 6) is -1.75. The van der Waals surface area contributed by atoms with E-state index in [2.05, 4.69) is 9.97 Å². The number of thiazole rings is 2. The number of ketones is 1. The Kier molecular flexibility index (Phi) is 5.49. The SMILES string of the molecule is Cc1nc(C)c(C(=O)C2=C(O)C(=O)N(c3nc4ccc(Cl)cc4s3)C2c2cccc(Cl)c2)s1. The molecule has 2 aromatic carbocycles. The maximum Gasteiger partial charge on any atom is 0.296 e. The van der Waals surface area contributed by atoms with E-state index in [1.807, 2.05) is 0 Å². The van der Waals surface area contributed by atoms with Crippen LogP contribution in [0.15, 0.2) is 53.8 Å². The highest BCUT2D eigenvalue weighted by molar-refractivity contribution is 7.22. The number of rotatable bonds is 4. The number of nitrogens with zero attached hydrogens (tertiary/aromatic N) is 3. The second-order valence-corrected chi connectivity index (χ2v) is 10.6. The molecule has 6 nitrogen and oxygen atoms in total. The smallest absolute Gasteiger partial charge is 0.296 e. The third kappa shape index (κ3) is 3.73. The second kappa shape index (κ2) is 8.22. The monoisotopic (exact) mass is 515 g/mol. The lowest BCUT2D eigenvalue weighted by atomic mass is 9.95. The van der Waals surface area contributed by atoms with E-state index in [9.17, 15) is 14.7 Å². The number of halogens is 2. The molecule has 166 valence electrons. The van der Waals surface area contributed by atoms with Crippen LogP contribution in [0.4, 0.5) is 5.13 Å². The Balaban J connectivity index is 1.70. The molecule has 0 bridgehead atoms. The van der Waals surface area contributed by atoms with Gasteiger partial charge >= 0.3 is 0 Å². The van der Waals surface area contributed by atoms with Gasteiger partial charge in [0.15, 0.2) is 10.9 Å². The van der Waals surface area contributed by atoms with E-state index in [4.69, 9.17) is 23.2 Å². The molecule has 2 aromatic heterocycles. The van der Waals surface area contributed by atoms with E-state index in [0.717, 1.165) is 9.71 Å². The molecule has 4 aromatic rings. The molecule has 0 radical (unpaired) electrons. The third-order valence-corrected chi connectivity index (χ3v) is 7.83. The largest absolute Gasteiger partial charge is 0.503 e. The van der Waals surface area contributed by atoms with Crippen LogP contribution >= 0.6 is 45.9 Å². The summed E-state index contributed by atoms with van der Waals surface area (Å²) in [6, 6.07) is 11.2. The van der Waals surface area contributed by atoms with Gasteiger partial charge < -0.3 is 5.11 Å². The number of fused-ring (bicyclic) bond motifs is 1. The van der Waals surface area contributed by atoms with Gasteiger partial charge in [-0.15, -0.1) is 11.3 Å². The quantitative estimate of drug-likeness (QED) is 0.315. The van der Waals surface area contributed by atoms with Crippen LogP contribution in [0.25, 0.3) is 10.2 Å². The molecule has 5 rings (SSSR count). The first kappa shape index (κ1) is 22.0. The van der Waals surface area contributed by atoms with E-state index in [1.54, 1.807) is 56.3 Å². The van der Waals surface area contributed by atoms with Crippen molar-refractivity contribution in [3.63, 3.8) is 0 Å². The van der Waals surface area contributed by atoms with Crippen molar-refractivity contribution < 1.29 is 14.7 Å². The zero-order chi connectivity index (χ0) is 23.4. The van der Waals surface area contributed by atoms with Crippen molar-refractivity contribution in [2.45, 2.75) is 19.9 Å². The van der Waals surface area contributed by atoms with Crippen LogP contribution < -0.4 is 4.90 Å². The van der Waals surface area contributed by atoms with E-state index in [0.29, 0.717) is 36.8 Å². The molecule has 1 N–H and O–H groups in total. The summed E-state index contributed by atoms with van der Waals surface area (Å²) in [6.07, 6.45) is 0. The minimum absolute atomic E-state index is 0.0219. The average Bonchev–Trinajstić information content (AvgIpc) is 3.41. The number of benzene rings is 2. The first-order valence-corrected chi connectivity index (χ1v) is 12.2. The van der Waals surface area contributed by atoms with Gasteiger partial charge in [-0.2, -0.15) is 0 Å². The van der Waals surface area contributed by atoms with Crippen LogP contribution in [0.2, 0.25) is 10.0 Å². The van der Waals surface area contributed by atoms with Gasteiger partial charge in [-0.05, 0) is 49.7 Å². The summed E-state index contributed by atoms with van der Waals surface area (Å²) in [5, 5.41) is 13.0. The fourth-order valence-corrected chi connectivity index (χ4v) is 6.22. The highest BCUT2D eigenvalue weighted by atomic mass is 35.5. The van der Waals surface area contributed by atoms with Crippen molar-refractivity contribution in [2.75, 3.05) is 4.90 Å². The van der Waals surface area contributed by atoms with E-state index < -0.39 is 23.5 Å². The number of aromatic nitrogens is 2. The molecule has 0 spiro atoms. The minimum atomic E-state index is -0.901. The molecule has 0 saturated heterocycles. The fraction of sp³-hybridized carbons (Fsp3) is 0.130. The zero-order valence-electron chi connectivity index (χ0n) is 17.3. The predicted molar refractivity (Wildman–Crippen MR) is 132 cm³/mol. The topological polar surface area (TPSA) is 83.4 Å². The van der Waals surface area contributed by atoms with Gasteiger partial charge in [0.1, 0.15) is 0 Å². The van der Waals surface area contributed by atoms with Gasteiger partial charge in [-0.3, -0.25) is 14.5 Å². The predicted octanol–water partition coefficient (Wildman–Crippen LogP) is 6.46. The molecule has 1 amide bonds. The van der Waals surface area contributed by atoms with E-state index >= 15 is 0 Å². The summed E-state index contributed by atoms with van der Waals surface area (Å²) in [5.41, 5.74) is 1.77. The van der Waals surface area contributed by atoms with Crippen molar-refractivity contribution in [2.24, 2.45) is 0 Å². The molecule has 1 aliphatic rings. The molecule has 1 unspecified atom stereocenters. The number of amides is 1. The normalized spacial score (nSPS) is 16.3. The van der Waals surface area contributed by atoms with Crippen molar-refractivity contribution >= 4 is 72.9 Å². The summed E-state index contributed by atoms with van der Waals surface area (Å²) >= 11 is 14.8. The number of aliphatic hydroxyl groups excluding tert-OH is 1. The third-order valence-electron chi connectivity index (χ3n) is 5.27. The van der Waals surface area contributed by atoms with Crippen LogP contribution in [0.3, 0.4) is 0 Å². The Morgan fingerprint density at radius 3 is 2.52 bits per heavy atom. The lowest BCUT2D eigenvalue weighted by Crippen LogP contribution is -2.31. The van der Waals surface area contributed by atoms with Gasteiger partial charge in [0.25, 0.3) is 5.91 Å². The Bertz CT molecular complexity index is 1490. The standard InChI is InChI=1S/C23H15Cl2N3O3S2/c1-10-21(32-11(2)26-10)19(29)17-18(12-4-3-5-13(24)8-12)28(22(31)20(17)30)23-27-15-7-6-14(25)9-16(15)33-23/h3-9,18,30H,1-2H3. The van der Waals surface area contributed by atoms with Crippen LogP contribution in [0.1, 0.15) is 32.0 Å². The fourth-order valence-electron chi connectivity index (χ4n) is 3.88. The first-order chi connectivity index (χ1) is 15.7. The molecule has 1 aliphatic heterocycles. The number of aryl methyl sites for hydroxylation is 2. The lowest BCUT2D eigenvalue weighted by molar-refractivity contribution is -0.117. The van der Waals surface area contributed by atoms with Crippen LogP contribution in [-0.4, -0.2) is 26.8 Å². The number of carbonyl (C=O) groups excluding carboxylic acids is 2. The van der Waals surface area contributed by atoms with Crippen molar-refractivity contribution in [1.82, 2.24) is 9.97 Å². The second-order valence-electron chi connectivity index (χ2n) is 7.48. The molecular weight excluding hydrogens is 501 g/mol. The van der Waals surface area contributed by atoms with Gasteiger partial charge in [0.2, 0.25) is 5.78 Å². The van der Waals surface area contributed by atoms with Crippen LogP contribution in [0, 0.1) is 13.8 Å². The average molecular weight is 516 g/mol. The molecular formula is C23H15Cl2N3O3S2. The number of aliphatic hydroxyl groups is 1. The minimum Gasteiger partial charge on any atom is -0.503 e. The molecule has 0 fully saturated rings. The zero-order valence-corrected chi connectivity index (χ0v) is 20.4. The number of anilines is 1. The summed E-state index contributed by atoms with van der Waals surface area (Å²) in [4.78, 5) is 37.6. The van der Waals surface area contributed by atoms with Crippen molar-refractivity contribution in [3.8, 4) is 0 Å². The summed E-state index contributed by atoms with van der Waals surface area (Å²) in [6.45, 7) is 3.53. The van der Waals surface area contributed by atoms with E-state index in [-0.39, 0.29) is 5.57 Å². The van der Waals surface area contributed by atoms with Gasteiger partial charge in [-0.1, -0.05) is 46.7 Å². The molecule has 1 atom stereocenters. The number of hydrogen-bond donors (Lipinski definition) is 1. The maximum atomic E-state index is 13.6. The van der Waals surface area contributed by atoms with Gasteiger partial charge in [0, 0.05) is 10.0 Å². The molecule has 0 saturated carbocycles. The Labute approximate surface area is 206 Å². The summed E-state index contributed by atoms with van der Waals surface area (Å²) < 4.78 is 0.781. The highest BCUT2D eigenvalue weighted by Gasteiger charge is 2.46. The first-order valence-electron chi connectivity index (χ1n) is 9.81. The number of carbonyl (C=O) groups is 2. The van der Waals surface area contributed by atoms with Crippen molar-refractivity contribution in [1.29, 1.82) is 0 Å². The molecule has 3 heterocycles. The van der Waals surface area contributed by atoms with Gasteiger partial charge in [0.05, 0.1) is 37.4 Å². The Morgan fingerprint density at radius 1 is 1.06 bits per heavy atom. The van der Waals surface area contributed by atoms with E-state index in [1.165, 1.54) is 27.6 Å². The Hall–Kier alpha value is -2.78. The van der Waals surface area contributed by atoms with Crippen LogP contribution in [-0.2, 0) is 4.79 Å².